The number of benzene rings is 1. The second kappa shape index (κ2) is 5.46. The molecule has 4 rings (SSSR count). The molecule has 1 aliphatic heterocycles. The third-order valence-electron chi connectivity index (χ3n) is 4.29. The van der Waals surface area contributed by atoms with E-state index in [4.69, 9.17) is 4.52 Å². The standard InChI is InChI=1S/C18H19N3O/c1-14-12-16(22-19-14)13-21-11-10-20-9-5-8-17(20)18(21)15-6-3-2-4-7-15/h2-9,12,18H,10-11,13H2,1H3. The van der Waals surface area contributed by atoms with Crippen molar-refractivity contribution in [1.82, 2.24) is 14.6 Å². The Bertz CT molecular complexity index is 760. The fraction of sp³-hybridized carbons (Fsp3) is 0.278. The van der Waals surface area contributed by atoms with E-state index in [-0.39, 0.29) is 6.04 Å². The van der Waals surface area contributed by atoms with E-state index in [0.717, 1.165) is 31.1 Å². The SMILES string of the molecule is Cc1cc(CN2CCn3cccc3C2c2ccccc2)on1. The van der Waals surface area contributed by atoms with Crippen LogP contribution in [0.3, 0.4) is 0 Å². The van der Waals surface area contributed by atoms with E-state index in [1.165, 1.54) is 11.3 Å². The fourth-order valence-electron chi connectivity index (χ4n) is 3.31. The maximum absolute atomic E-state index is 5.42. The fourth-order valence-corrected chi connectivity index (χ4v) is 3.31. The van der Waals surface area contributed by atoms with Gasteiger partial charge in [0.1, 0.15) is 0 Å². The monoisotopic (exact) mass is 293 g/mol. The van der Waals surface area contributed by atoms with E-state index in [1.807, 2.05) is 13.0 Å². The third-order valence-corrected chi connectivity index (χ3v) is 4.29. The van der Waals surface area contributed by atoms with Gasteiger partial charge in [0.25, 0.3) is 0 Å². The van der Waals surface area contributed by atoms with Gasteiger partial charge in [-0.2, -0.15) is 0 Å². The summed E-state index contributed by atoms with van der Waals surface area (Å²) in [7, 11) is 0. The molecule has 4 heteroatoms. The van der Waals surface area contributed by atoms with Crippen LogP contribution in [-0.4, -0.2) is 21.2 Å². The zero-order chi connectivity index (χ0) is 14.9. The first kappa shape index (κ1) is 13.3. The average molecular weight is 293 g/mol. The Labute approximate surface area is 130 Å². The van der Waals surface area contributed by atoms with Gasteiger partial charge in [-0.05, 0) is 24.6 Å². The number of rotatable bonds is 3. The lowest BCUT2D eigenvalue weighted by molar-refractivity contribution is 0.156. The predicted molar refractivity (Wildman–Crippen MR) is 84.4 cm³/mol. The molecule has 112 valence electrons. The molecule has 0 saturated heterocycles. The van der Waals surface area contributed by atoms with Crippen molar-refractivity contribution >= 4 is 0 Å². The first-order valence-electron chi connectivity index (χ1n) is 7.67. The molecule has 1 unspecified atom stereocenters. The normalized spacial score (nSPS) is 18.3. The summed E-state index contributed by atoms with van der Waals surface area (Å²) < 4.78 is 7.77. The highest BCUT2D eigenvalue weighted by molar-refractivity contribution is 5.30. The summed E-state index contributed by atoms with van der Waals surface area (Å²) in [5.41, 5.74) is 3.60. The van der Waals surface area contributed by atoms with Crippen molar-refractivity contribution in [2.75, 3.05) is 6.54 Å². The second-order valence-corrected chi connectivity index (χ2v) is 5.84. The summed E-state index contributed by atoms with van der Waals surface area (Å²) in [4.78, 5) is 2.46. The molecule has 0 saturated carbocycles. The molecule has 0 N–H and O–H groups in total. The Hall–Kier alpha value is -2.33. The second-order valence-electron chi connectivity index (χ2n) is 5.84. The van der Waals surface area contributed by atoms with E-state index in [1.54, 1.807) is 0 Å². The Morgan fingerprint density at radius 2 is 2.00 bits per heavy atom. The van der Waals surface area contributed by atoms with Gasteiger partial charge in [0.2, 0.25) is 0 Å². The highest BCUT2D eigenvalue weighted by atomic mass is 16.5. The van der Waals surface area contributed by atoms with Gasteiger partial charge in [-0.3, -0.25) is 4.90 Å². The molecule has 0 radical (unpaired) electrons. The van der Waals surface area contributed by atoms with Crippen molar-refractivity contribution in [3.63, 3.8) is 0 Å². The van der Waals surface area contributed by atoms with E-state index in [2.05, 4.69) is 63.3 Å². The van der Waals surface area contributed by atoms with Gasteiger partial charge < -0.3 is 9.09 Å². The van der Waals surface area contributed by atoms with Gasteiger partial charge >= 0.3 is 0 Å². The molecule has 0 amide bonds. The summed E-state index contributed by atoms with van der Waals surface area (Å²) in [5.74, 6) is 0.929. The van der Waals surface area contributed by atoms with Crippen LogP contribution in [0, 0.1) is 6.92 Å². The lowest BCUT2D eigenvalue weighted by Crippen LogP contribution is -2.37. The quantitative estimate of drug-likeness (QED) is 0.742. The first-order chi connectivity index (χ1) is 10.8. The molecule has 0 spiro atoms. The van der Waals surface area contributed by atoms with Crippen molar-refractivity contribution < 1.29 is 4.52 Å². The van der Waals surface area contributed by atoms with Crippen LogP contribution in [0.15, 0.2) is 59.3 Å². The Morgan fingerprint density at radius 1 is 1.14 bits per heavy atom. The summed E-state index contributed by atoms with van der Waals surface area (Å²) >= 11 is 0. The van der Waals surface area contributed by atoms with Gasteiger partial charge in [-0.25, -0.2) is 0 Å². The van der Waals surface area contributed by atoms with Crippen LogP contribution in [0.1, 0.15) is 28.8 Å². The molecule has 1 aliphatic rings. The minimum absolute atomic E-state index is 0.260. The van der Waals surface area contributed by atoms with Crippen LogP contribution in [0.2, 0.25) is 0 Å². The molecule has 3 heterocycles. The lowest BCUT2D eigenvalue weighted by Gasteiger charge is -2.36. The van der Waals surface area contributed by atoms with Crippen LogP contribution in [-0.2, 0) is 13.1 Å². The van der Waals surface area contributed by atoms with E-state index < -0.39 is 0 Å². The maximum atomic E-state index is 5.42. The first-order valence-corrected chi connectivity index (χ1v) is 7.67. The molecule has 2 aromatic heterocycles. The minimum atomic E-state index is 0.260. The van der Waals surface area contributed by atoms with E-state index >= 15 is 0 Å². The van der Waals surface area contributed by atoms with Crippen LogP contribution in [0.25, 0.3) is 0 Å². The number of fused-ring (bicyclic) bond motifs is 1. The number of aryl methyl sites for hydroxylation is 1. The molecular weight excluding hydrogens is 274 g/mol. The molecule has 0 aliphatic carbocycles. The van der Waals surface area contributed by atoms with Gasteiger partial charge in [-0.1, -0.05) is 35.5 Å². The molecule has 4 nitrogen and oxygen atoms in total. The number of hydrogen-bond acceptors (Lipinski definition) is 3. The van der Waals surface area contributed by atoms with Gasteiger partial charge in [0.15, 0.2) is 5.76 Å². The zero-order valence-corrected chi connectivity index (χ0v) is 12.6. The molecule has 0 bridgehead atoms. The Morgan fingerprint density at radius 3 is 2.77 bits per heavy atom. The van der Waals surface area contributed by atoms with Crippen molar-refractivity contribution in [2.45, 2.75) is 26.1 Å². The van der Waals surface area contributed by atoms with Gasteiger partial charge in [0.05, 0.1) is 18.3 Å². The largest absolute Gasteiger partial charge is 0.360 e. The number of nitrogens with zero attached hydrogens (tertiary/aromatic N) is 3. The molecule has 1 atom stereocenters. The summed E-state index contributed by atoms with van der Waals surface area (Å²) in [6.45, 7) is 4.76. The van der Waals surface area contributed by atoms with Crippen LogP contribution >= 0.6 is 0 Å². The summed E-state index contributed by atoms with van der Waals surface area (Å²) in [6.07, 6.45) is 2.17. The predicted octanol–water partition coefficient (Wildman–Crippen LogP) is 3.39. The molecule has 3 aromatic rings. The van der Waals surface area contributed by atoms with Crippen molar-refractivity contribution in [3.05, 3.63) is 77.4 Å². The maximum Gasteiger partial charge on any atom is 0.150 e. The third kappa shape index (κ3) is 2.35. The minimum Gasteiger partial charge on any atom is -0.360 e. The molecule has 0 fully saturated rings. The van der Waals surface area contributed by atoms with Crippen molar-refractivity contribution in [3.8, 4) is 0 Å². The highest BCUT2D eigenvalue weighted by Gasteiger charge is 2.29. The molecule has 1 aromatic carbocycles. The zero-order valence-electron chi connectivity index (χ0n) is 12.6. The smallest absolute Gasteiger partial charge is 0.150 e. The van der Waals surface area contributed by atoms with Gasteiger partial charge in [-0.15, -0.1) is 0 Å². The van der Waals surface area contributed by atoms with E-state index in [0.29, 0.717) is 0 Å². The topological polar surface area (TPSA) is 34.2 Å². The Kier molecular flexibility index (Phi) is 3.31. The summed E-state index contributed by atoms with van der Waals surface area (Å²) in [5, 5.41) is 4.01. The molecular formula is C18H19N3O. The van der Waals surface area contributed by atoms with Crippen molar-refractivity contribution in [2.24, 2.45) is 0 Å². The average Bonchev–Trinajstić information content (AvgIpc) is 3.17. The number of hydrogen-bond donors (Lipinski definition) is 0. The Balaban J connectivity index is 1.71. The van der Waals surface area contributed by atoms with Crippen LogP contribution in [0.4, 0.5) is 0 Å². The van der Waals surface area contributed by atoms with E-state index in [9.17, 15) is 0 Å². The summed E-state index contributed by atoms with van der Waals surface area (Å²) in [6, 6.07) is 17.3. The number of aromatic nitrogens is 2. The van der Waals surface area contributed by atoms with Gasteiger partial charge in [0, 0.05) is 31.0 Å². The molecule has 22 heavy (non-hydrogen) atoms. The lowest BCUT2D eigenvalue weighted by atomic mass is 10.00. The van der Waals surface area contributed by atoms with Crippen LogP contribution < -0.4 is 0 Å². The van der Waals surface area contributed by atoms with Crippen LogP contribution in [0.5, 0.6) is 0 Å². The van der Waals surface area contributed by atoms with Crippen molar-refractivity contribution in [1.29, 1.82) is 0 Å². The highest BCUT2D eigenvalue weighted by Crippen LogP contribution is 2.33.